The van der Waals surface area contributed by atoms with Crippen LogP contribution >= 0.6 is 0 Å². The van der Waals surface area contributed by atoms with Crippen molar-refractivity contribution in [2.75, 3.05) is 6.61 Å². The zero-order valence-electron chi connectivity index (χ0n) is 17.3. The second kappa shape index (κ2) is 8.30. The minimum absolute atomic E-state index is 0.0568. The van der Waals surface area contributed by atoms with Crippen LogP contribution in [0.4, 0.5) is 0 Å². The largest absolute Gasteiger partial charge is 0.465 e. The van der Waals surface area contributed by atoms with E-state index in [1.807, 2.05) is 13.8 Å². The average Bonchev–Trinajstić information content (AvgIpc) is 3.06. The van der Waals surface area contributed by atoms with Crippen LogP contribution in [0.1, 0.15) is 40.0 Å². The van der Waals surface area contributed by atoms with Crippen LogP contribution in [-0.4, -0.2) is 47.9 Å². The van der Waals surface area contributed by atoms with E-state index < -0.39 is 30.3 Å². The second-order valence-electron chi connectivity index (χ2n) is 8.84. The number of fused-ring (bicyclic) bond motifs is 3. The number of ether oxygens (including phenoxy) is 3. The highest BCUT2D eigenvalue weighted by Gasteiger charge is 2.58. The predicted octanol–water partition coefficient (Wildman–Crippen LogP) is 2.18. The molecule has 0 spiro atoms. The molecule has 0 aromatic carbocycles. The van der Waals surface area contributed by atoms with Crippen LogP contribution in [0.3, 0.4) is 0 Å². The number of rotatable bonds is 5. The van der Waals surface area contributed by atoms with Gasteiger partial charge in [-0.3, -0.25) is 9.59 Å². The summed E-state index contributed by atoms with van der Waals surface area (Å²) in [5.74, 6) is -2.23. The number of hydrogen-bond acceptors (Lipinski definition) is 7. The molecule has 0 bridgehead atoms. The molecule has 0 amide bonds. The number of carbonyl (C=O) groups excluding carboxylic acids is 3. The molecule has 7 heteroatoms. The lowest BCUT2D eigenvalue weighted by Gasteiger charge is -2.31. The van der Waals surface area contributed by atoms with Gasteiger partial charge < -0.3 is 19.3 Å². The first kappa shape index (κ1) is 21.6. The Bertz CT molecular complexity index is 725. The van der Waals surface area contributed by atoms with E-state index in [2.05, 4.69) is 13.2 Å². The zero-order chi connectivity index (χ0) is 21.5. The van der Waals surface area contributed by atoms with Gasteiger partial charge in [-0.1, -0.05) is 27.0 Å². The molecule has 2 saturated carbocycles. The van der Waals surface area contributed by atoms with E-state index in [1.54, 1.807) is 0 Å². The summed E-state index contributed by atoms with van der Waals surface area (Å²) in [7, 11) is 0. The maximum atomic E-state index is 12.2. The van der Waals surface area contributed by atoms with Crippen molar-refractivity contribution in [1.29, 1.82) is 0 Å². The van der Waals surface area contributed by atoms with E-state index in [4.69, 9.17) is 14.2 Å². The maximum absolute atomic E-state index is 12.2. The van der Waals surface area contributed by atoms with Crippen molar-refractivity contribution >= 4 is 17.9 Å². The molecule has 0 unspecified atom stereocenters. The molecule has 160 valence electrons. The third kappa shape index (κ3) is 4.25. The molecule has 0 aromatic rings. The molecule has 0 aromatic heterocycles. The Morgan fingerprint density at radius 1 is 1.24 bits per heavy atom. The Hall–Kier alpha value is -2.15. The number of aliphatic hydroxyl groups is 1. The van der Waals surface area contributed by atoms with Crippen molar-refractivity contribution in [1.82, 2.24) is 0 Å². The Labute approximate surface area is 171 Å². The van der Waals surface area contributed by atoms with E-state index >= 15 is 0 Å². The summed E-state index contributed by atoms with van der Waals surface area (Å²) < 4.78 is 16.7. The topological polar surface area (TPSA) is 99.1 Å². The van der Waals surface area contributed by atoms with Gasteiger partial charge in [0.25, 0.3) is 0 Å². The van der Waals surface area contributed by atoms with Crippen molar-refractivity contribution in [3.63, 3.8) is 0 Å². The normalized spacial score (nSPS) is 36.3. The van der Waals surface area contributed by atoms with E-state index in [-0.39, 0.29) is 42.2 Å². The summed E-state index contributed by atoms with van der Waals surface area (Å²) in [6.45, 7) is 13.2. The van der Waals surface area contributed by atoms with Gasteiger partial charge in [-0.15, -0.1) is 0 Å². The first-order chi connectivity index (χ1) is 13.6. The number of carbonyl (C=O) groups is 3. The second-order valence-corrected chi connectivity index (χ2v) is 8.84. The van der Waals surface area contributed by atoms with E-state index in [9.17, 15) is 19.5 Å². The fraction of sp³-hybridized carbons (Fsp3) is 0.682. The lowest BCUT2D eigenvalue weighted by molar-refractivity contribution is -0.157. The van der Waals surface area contributed by atoms with Crippen molar-refractivity contribution in [2.24, 2.45) is 29.6 Å². The first-order valence-corrected chi connectivity index (χ1v) is 10.2. The van der Waals surface area contributed by atoms with Gasteiger partial charge >= 0.3 is 17.9 Å². The molecule has 7 nitrogen and oxygen atoms in total. The van der Waals surface area contributed by atoms with Gasteiger partial charge in [0.05, 0.1) is 12.7 Å². The van der Waals surface area contributed by atoms with Crippen molar-refractivity contribution in [3.05, 3.63) is 24.3 Å². The van der Waals surface area contributed by atoms with Gasteiger partial charge in [0, 0.05) is 36.7 Å². The van der Waals surface area contributed by atoms with Crippen LogP contribution in [0.15, 0.2) is 24.3 Å². The highest BCUT2D eigenvalue weighted by atomic mass is 16.6. The van der Waals surface area contributed by atoms with Gasteiger partial charge in [0.1, 0.15) is 12.2 Å². The van der Waals surface area contributed by atoms with Gasteiger partial charge in [-0.25, -0.2) is 4.79 Å². The lowest BCUT2D eigenvalue weighted by atomic mass is 9.79. The number of hydrogen-bond donors (Lipinski definition) is 1. The third-order valence-corrected chi connectivity index (χ3v) is 6.36. The number of esters is 3. The Balaban J connectivity index is 1.90. The van der Waals surface area contributed by atoms with Crippen LogP contribution in [-0.2, 0) is 28.6 Å². The summed E-state index contributed by atoms with van der Waals surface area (Å²) in [5, 5.41) is 10.6. The fourth-order valence-electron chi connectivity index (χ4n) is 5.04. The van der Waals surface area contributed by atoms with E-state index in [0.29, 0.717) is 30.4 Å². The van der Waals surface area contributed by atoms with Gasteiger partial charge in [0.2, 0.25) is 0 Å². The van der Waals surface area contributed by atoms with Crippen molar-refractivity contribution in [3.8, 4) is 0 Å². The van der Waals surface area contributed by atoms with Crippen LogP contribution < -0.4 is 0 Å². The Morgan fingerprint density at radius 3 is 2.55 bits per heavy atom. The molecule has 2 aliphatic carbocycles. The molecule has 1 aliphatic heterocycles. The molecule has 7 atom stereocenters. The Kier molecular flexibility index (Phi) is 6.17. The SMILES string of the molecule is C=C1C(=O)O[C@H]2[C@@H]3[C@@H](COC(=O)CC(C)C)[C@H](OC(C)=O)C[C@@H]3C(=C)[C@H](O)C[C@H]12. The summed E-state index contributed by atoms with van der Waals surface area (Å²) >= 11 is 0. The quantitative estimate of drug-likeness (QED) is 0.323. The summed E-state index contributed by atoms with van der Waals surface area (Å²) in [6.07, 6.45) is -0.766. The van der Waals surface area contributed by atoms with E-state index in [0.717, 1.165) is 0 Å². The summed E-state index contributed by atoms with van der Waals surface area (Å²) in [5.41, 5.74) is 0.982. The standard InChI is InChI=1S/C22H30O7/c1-10(2)6-19(25)27-9-16-18(28-13(5)23)8-14-11(3)17(24)7-15-12(4)22(26)29-21(15)20(14)16/h10,14-18,20-21,24H,3-4,6-9H2,1-2,5H3/t14-,15-,16+,17-,18-,20+,21-/m1/s1. The third-order valence-electron chi connectivity index (χ3n) is 6.36. The highest BCUT2D eigenvalue weighted by Crippen LogP contribution is 2.53. The monoisotopic (exact) mass is 406 g/mol. The smallest absolute Gasteiger partial charge is 0.334 e. The minimum Gasteiger partial charge on any atom is -0.465 e. The molecule has 1 N–H and O–H groups in total. The van der Waals surface area contributed by atoms with E-state index in [1.165, 1.54) is 6.92 Å². The summed E-state index contributed by atoms with van der Waals surface area (Å²) in [6, 6.07) is 0. The van der Waals surface area contributed by atoms with Crippen LogP contribution in [0, 0.1) is 29.6 Å². The average molecular weight is 406 g/mol. The Morgan fingerprint density at radius 2 is 1.93 bits per heavy atom. The zero-order valence-corrected chi connectivity index (χ0v) is 17.3. The molecule has 3 rings (SSSR count). The molecule has 1 saturated heterocycles. The molecule has 29 heavy (non-hydrogen) atoms. The molecule has 1 heterocycles. The first-order valence-electron chi connectivity index (χ1n) is 10.2. The maximum Gasteiger partial charge on any atom is 0.334 e. The number of aliphatic hydroxyl groups excluding tert-OH is 1. The molecular formula is C22H30O7. The van der Waals surface area contributed by atoms with Crippen molar-refractivity contribution < 1.29 is 33.7 Å². The van der Waals surface area contributed by atoms with Gasteiger partial charge in [-0.2, -0.15) is 0 Å². The minimum atomic E-state index is -0.802. The van der Waals surface area contributed by atoms with Gasteiger partial charge in [0.15, 0.2) is 0 Å². The fourth-order valence-corrected chi connectivity index (χ4v) is 5.04. The molecular weight excluding hydrogens is 376 g/mol. The van der Waals surface area contributed by atoms with Gasteiger partial charge in [-0.05, 0) is 30.3 Å². The molecule has 3 fully saturated rings. The molecule has 0 radical (unpaired) electrons. The predicted molar refractivity (Wildman–Crippen MR) is 103 cm³/mol. The highest BCUT2D eigenvalue weighted by molar-refractivity contribution is 5.91. The molecule has 3 aliphatic rings. The van der Waals surface area contributed by atoms with Crippen LogP contribution in [0.25, 0.3) is 0 Å². The van der Waals surface area contributed by atoms with Crippen LogP contribution in [0.2, 0.25) is 0 Å². The summed E-state index contributed by atoms with van der Waals surface area (Å²) in [4.78, 5) is 36.0. The van der Waals surface area contributed by atoms with Crippen molar-refractivity contribution in [2.45, 2.75) is 58.3 Å². The lowest BCUT2D eigenvalue weighted by Crippen LogP contribution is -2.38. The van der Waals surface area contributed by atoms with Crippen LogP contribution in [0.5, 0.6) is 0 Å².